The van der Waals surface area contributed by atoms with Crippen molar-refractivity contribution in [1.29, 1.82) is 0 Å². The number of ether oxygens (including phenoxy) is 2. The lowest BCUT2D eigenvalue weighted by atomic mass is 10.1. The maximum absolute atomic E-state index is 13.5. The molecule has 41 heavy (non-hydrogen) atoms. The molecule has 0 aliphatic heterocycles. The van der Waals surface area contributed by atoms with Crippen LogP contribution in [0.5, 0.6) is 11.5 Å². The molecule has 9 nitrogen and oxygen atoms in total. The van der Waals surface area contributed by atoms with Crippen LogP contribution in [0.15, 0.2) is 78.0 Å². The van der Waals surface area contributed by atoms with Crippen molar-refractivity contribution in [3.63, 3.8) is 0 Å². The molecule has 13 heteroatoms. The average molecular weight is 586 g/mol. The van der Waals surface area contributed by atoms with E-state index in [1.807, 2.05) is 0 Å². The van der Waals surface area contributed by atoms with Crippen molar-refractivity contribution < 1.29 is 32.2 Å². The lowest BCUT2D eigenvalue weighted by Crippen LogP contribution is -2.26. The first kappa shape index (κ1) is 29.5. The maximum atomic E-state index is 13.5. The average Bonchev–Trinajstić information content (AvgIpc) is 3.38. The summed E-state index contributed by atoms with van der Waals surface area (Å²) in [5.74, 6) is 0.731. The molecule has 214 valence electrons. The number of carbonyl (C=O) groups is 2. The number of nitrogens with one attached hydrogen (secondary N) is 2. The molecule has 0 spiro atoms. The highest BCUT2D eigenvalue weighted by Gasteiger charge is 2.31. The van der Waals surface area contributed by atoms with E-state index in [0.29, 0.717) is 17.2 Å². The first-order chi connectivity index (χ1) is 19.7. The molecular weight excluding hydrogens is 559 g/mol. The minimum Gasteiger partial charge on any atom is -0.497 e. The van der Waals surface area contributed by atoms with Crippen molar-refractivity contribution in [1.82, 2.24) is 20.1 Å². The predicted octanol–water partition coefficient (Wildman–Crippen LogP) is 4.89. The van der Waals surface area contributed by atoms with Crippen molar-refractivity contribution in [2.75, 3.05) is 25.3 Å². The molecule has 0 unspecified atom stereocenters. The van der Waals surface area contributed by atoms with E-state index in [1.165, 1.54) is 23.8 Å². The predicted molar refractivity (Wildman–Crippen MR) is 147 cm³/mol. The number of halogens is 3. The number of carbonyl (C=O) groups excluding carboxylic acids is 2. The van der Waals surface area contributed by atoms with E-state index >= 15 is 0 Å². The number of hydrogen-bond donors (Lipinski definition) is 2. The zero-order chi connectivity index (χ0) is 29.4. The van der Waals surface area contributed by atoms with Gasteiger partial charge in [0.2, 0.25) is 11.8 Å². The normalized spacial score (nSPS) is 11.1. The fourth-order valence-corrected chi connectivity index (χ4v) is 4.53. The first-order valence-electron chi connectivity index (χ1n) is 12.2. The van der Waals surface area contributed by atoms with E-state index in [9.17, 15) is 22.8 Å². The largest absolute Gasteiger partial charge is 0.497 e. The maximum Gasteiger partial charge on any atom is 0.416 e. The lowest BCUT2D eigenvalue weighted by molar-refractivity contribution is -0.137. The molecule has 0 atom stereocenters. The monoisotopic (exact) mass is 585 g/mol. The van der Waals surface area contributed by atoms with Gasteiger partial charge in [-0.25, -0.2) is 0 Å². The lowest BCUT2D eigenvalue weighted by Gasteiger charge is -2.13. The van der Waals surface area contributed by atoms with Crippen LogP contribution in [0.4, 0.5) is 18.9 Å². The Hall–Kier alpha value is -4.52. The second-order valence-corrected chi connectivity index (χ2v) is 9.59. The second-order valence-electron chi connectivity index (χ2n) is 8.65. The summed E-state index contributed by atoms with van der Waals surface area (Å²) >= 11 is 0.998. The number of hydrogen-bond acceptors (Lipinski definition) is 7. The molecule has 4 rings (SSSR count). The van der Waals surface area contributed by atoms with Crippen LogP contribution < -0.4 is 20.1 Å². The zero-order valence-corrected chi connectivity index (χ0v) is 22.9. The van der Waals surface area contributed by atoms with Gasteiger partial charge in [-0.3, -0.25) is 14.2 Å². The van der Waals surface area contributed by atoms with Crippen LogP contribution in [-0.4, -0.2) is 46.6 Å². The minimum absolute atomic E-state index is 0.0782. The van der Waals surface area contributed by atoms with Gasteiger partial charge in [0.25, 0.3) is 0 Å². The molecule has 0 aliphatic carbocycles. The van der Waals surface area contributed by atoms with Crippen molar-refractivity contribution in [3.05, 3.63) is 89.7 Å². The minimum atomic E-state index is -4.57. The van der Waals surface area contributed by atoms with Crippen molar-refractivity contribution in [3.8, 4) is 17.2 Å². The molecule has 2 N–H and O–H groups in total. The number of nitrogens with zero attached hydrogens (tertiary/aromatic N) is 3. The van der Waals surface area contributed by atoms with Crippen molar-refractivity contribution in [2.24, 2.45) is 0 Å². The summed E-state index contributed by atoms with van der Waals surface area (Å²) < 4.78 is 52.0. The topological polar surface area (TPSA) is 107 Å². The Morgan fingerprint density at radius 1 is 0.902 bits per heavy atom. The molecule has 1 aromatic heterocycles. The number of anilines is 1. The SMILES string of the molecule is COc1ccc(CC(=O)NCc2nnc(SCC(=O)Nc3ccc(OC)cc3)n2-c2cccc(C(F)(F)F)c2)cc1. The van der Waals surface area contributed by atoms with E-state index in [1.54, 1.807) is 55.6 Å². The smallest absolute Gasteiger partial charge is 0.416 e. The van der Waals surface area contributed by atoms with Gasteiger partial charge in [0.05, 0.1) is 44.2 Å². The molecule has 0 saturated carbocycles. The van der Waals surface area contributed by atoms with Gasteiger partial charge in [0.15, 0.2) is 11.0 Å². The van der Waals surface area contributed by atoms with E-state index in [4.69, 9.17) is 9.47 Å². The van der Waals surface area contributed by atoms with Gasteiger partial charge in [-0.1, -0.05) is 30.0 Å². The number of benzene rings is 3. The number of aromatic nitrogens is 3. The van der Waals surface area contributed by atoms with Crippen LogP contribution in [0.2, 0.25) is 0 Å². The number of amides is 2. The Balaban J connectivity index is 1.50. The van der Waals surface area contributed by atoms with Crippen LogP contribution >= 0.6 is 11.8 Å². The van der Waals surface area contributed by atoms with E-state index in [-0.39, 0.29) is 47.2 Å². The summed E-state index contributed by atoms with van der Waals surface area (Å²) in [4.78, 5) is 25.2. The van der Waals surface area contributed by atoms with Crippen LogP contribution in [0, 0.1) is 0 Å². The summed E-state index contributed by atoms with van der Waals surface area (Å²) in [7, 11) is 3.08. The molecule has 4 aromatic rings. The quantitative estimate of drug-likeness (QED) is 0.241. The molecule has 2 amide bonds. The summed E-state index contributed by atoms with van der Waals surface area (Å²) in [6.07, 6.45) is -4.49. The number of rotatable bonds is 11. The van der Waals surface area contributed by atoms with Gasteiger partial charge in [-0.15, -0.1) is 10.2 Å². The molecular formula is C28H26F3N5O4S. The number of thioether (sulfide) groups is 1. The molecule has 0 radical (unpaired) electrons. The van der Waals surface area contributed by atoms with Gasteiger partial charge in [-0.2, -0.15) is 13.2 Å². The van der Waals surface area contributed by atoms with Crippen LogP contribution in [-0.2, 0) is 28.7 Å². The van der Waals surface area contributed by atoms with E-state index in [2.05, 4.69) is 20.8 Å². The van der Waals surface area contributed by atoms with Gasteiger partial charge in [0, 0.05) is 5.69 Å². The Morgan fingerprint density at radius 3 is 2.20 bits per heavy atom. The molecule has 0 fully saturated rings. The molecule has 0 aliphatic rings. The molecule has 0 bridgehead atoms. The van der Waals surface area contributed by atoms with Gasteiger partial charge < -0.3 is 20.1 Å². The van der Waals surface area contributed by atoms with Crippen molar-refractivity contribution in [2.45, 2.75) is 24.3 Å². The Bertz CT molecular complexity index is 1410. The fourth-order valence-electron chi connectivity index (χ4n) is 3.76. The summed E-state index contributed by atoms with van der Waals surface area (Å²) in [5, 5.41) is 13.9. The highest BCUT2D eigenvalue weighted by Crippen LogP contribution is 2.32. The summed E-state index contributed by atoms with van der Waals surface area (Å²) in [5.41, 5.74) is 0.589. The first-order valence-corrected chi connectivity index (χ1v) is 13.2. The van der Waals surface area contributed by atoms with Crippen LogP contribution in [0.25, 0.3) is 5.69 Å². The van der Waals surface area contributed by atoms with Gasteiger partial charge in [-0.05, 0) is 60.2 Å². The molecule has 3 aromatic carbocycles. The third-order valence-electron chi connectivity index (χ3n) is 5.81. The van der Waals surface area contributed by atoms with Crippen LogP contribution in [0.1, 0.15) is 17.0 Å². The number of methoxy groups -OCH3 is 2. The zero-order valence-electron chi connectivity index (χ0n) is 22.1. The second kappa shape index (κ2) is 13.2. The summed E-state index contributed by atoms with van der Waals surface area (Å²) in [6.45, 7) is -0.100. The Morgan fingerprint density at radius 2 is 1.56 bits per heavy atom. The van der Waals surface area contributed by atoms with Crippen molar-refractivity contribution >= 4 is 29.3 Å². The fraction of sp³-hybridized carbons (Fsp3) is 0.214. The third-order valence-corrected chi connectivity index (χ3v) is 6.73. The Labute approximate surface area is 238 Å². The van der Waals surface area contributed by atoms with Gasteiger partial charge >= 0.3 is 6.18 Å². The summed E-state index contributed by atoms with van der Waals surface area (Å²) in [6, 6.07) is 18.4. The van der Waals surface area contributed by atoms with Crippen LogP contribution in [0.3, 0.4) is 0 Å². The highest BCUT2D eigenvalue weighted by molar-refractivity contribution is 7.99. The molecule has 0 saturated heterocycles. The standard InChI is InChI=1S/C28H26F3N5O4S/c1-39-22-10-6-18(7-11-22)14-25(37)32-16-24-34-35-27(36(24)21-5-3-4-19(15-21)28(29,30)31)41-17-26(38)33-20-8-12-23(40-2)13-9-20/h3-13,15H,14,16-17H2,1-2H3,(H,32,37)(H,33,38). The number of alkyl halides is 3. The van der Waals surface area contributed by atoms with E-state index < -0.39 is 11.7 Å². The molecule has 1 heterocycles. The van der Waals surface area contributed by atoms with Gasteiger partial charge in [0.1, 0.15) is 11.5 Å². The van der Waals surface area contributed by atoms with E-state index in [0.717, 1.165) is 29.5 Å². The Kier molecular flexibility index (Phi) is 9.50. The highest BCUT2D eigenvalue weighted by atomic mass is 32.2. The third kappa shape index (κ3) is 8.01.